The molecule has 4 heterocycles. The molecule has 4 amide bonds. The van der Waals surface area contributed by atoms with Gasteiger partial charge in [0.25, 0.3) is 0 Å². The molecular weight excluding hydrogens is 741 g/mol. The van der Waals surface area contributed by atoms with Gasteiger partial charge in [0.15, 0.2) is 0 Å². The second-order valence-electron chi connectivity index (χ2n) is 18.7. The third kappa shape index (κ3) is 7.28. The molecule has 12 atom stereocenters. The Bertz CT molecular complexity index is 1740. The van der Waals surface area contributed by atoms with E-state index in [1.165, 1.54) is 14.2 Å². The summed E-state index contributed by atoms with van der Waals surface area (Å²) in [6.07, 6.45) is 12.0. The van der Waals surface area contributed by atoms with Crippen LogP contribution in [0.25, 0.3) is 0 Å². The highest BCUT2D eigenvalue weighted by Crippen LogP contribution is 2.64. The summed E-state index contributed by atoms with van der Waals surface area (Å²) in [5.74, 6) is 3.98. The Morgan fingerprint density at radius 3 is 1.47 bits per heavy atom. The lowest BCUT2D eigenvalue weighted by atomic mass is 9.55. The number of amides is 4. The van der Waals surface area contributed by atoms with Gasteiger partial charge in [-0.15, -0.1) is 0 Å². The van der Waals surface area contributed by atoms with E-state index in [4.69, 9.17) is 19.4 Å². The topological polar surface area (TPSA) is 192 Å². The lowest BCUT2D eigenvalue weighted by Gasteiger charge is -2.49. The molecule has 0 radical (unpaired) electrons. The van der Waals surface area contributed by atoms with Crippen LogP contribution in [0, 0.1) is 47.3 Å². The van der Waals surface area contributed by atoms with Crippen molar-refractivity contribution in [3.8, 4) is 0 Å². The van der Waals surface area contributed by atoms with E-state index in [-0.39, 0.29) is 59.4 Å². The van der Waals surface area contributed by atoms with Crippen molar-refractivity contribution in [3.63, 3.8) is 0 Å². The van der Waals surface area contributed by atoms with E-state index in [2.05, 4.69) is 20.6 Å². The molecule has 4 aliphatic carbocycles. The number of nitrogens with zero attached hydrogens (tertiary/aromatic N) is 4. The van der Waals surface area contributed by atoms with E-state index >= 15 is 0 Å². The summed E-state index contributed by atoms with van der Waals surface area (Å²) in [6.45, 7) is 8.88. The zero-order valence-electron chi connectivity index (χ0n) is 34.9. The zero-order valence-corrected chi connectivity index (χ0v) is 34.9. The Morgan fingerprint density at radius 1 is 0.672 bits per heavy atom. The van der Waals surface area contributed by atoms with Crippen molar-refractivity contribution in [2.45, 2.75) is 128 Å². The van der Waals surface area contributed by atoms with Crippen LogP contribution in [0.2, 0.25) is 0 Å². The normalized spacial score (nSPS) is 32.6. The second-order valence-corrected chi connectivity index (χ2v) is 18.7. The number of ether oxygens (including phenoxy) is 2. The summed E-state index contributed by atoms with van der Waals surface area (Å²) in [7, 11) is 2.60. The van der Waals surface area contributed by atoms with Gasteiger partial charge in [-0.05, 0) is 99.7 Å². The van der Waals surface area contributed by atoms with Gasteiger partial charge in [0.05, 0.1) is 26.3 Å². The largest absolute Gasteiger partial charge is 0.453 e. The fraction of sp³-hybridized carbons (Fsp3) is 0.744. The van der Waals surface area contributed by atoms with Crippen LogP contribution in [-0.2, 0) is 23.9 Å². The first-order valence-electron chi connectivity index (χ1n) is 21.8. The first kappa shape index (κ1) is 40.4. The molecule has 0 aromatic carbocycles. The number of hydrogen-bond acceptors (Lipinski definition) is 9. The molecule has 8 rings (SSSR count). The lowest BCUT2D eigenvalue weighted by Crippen LogP contribution is -2.51. The van der Waals surface area contributed by atoms with Crippen LogP contribution in [0.3, 0.4) is 0 Å². The van der Waals surface area contributed by atoms with E-state index in [0.29, 0.717) is 42.5 Å². The van der Waals surface area contributed by atoms with E-state index in [1.807, 2.05) is 49.9 Å². The van der Waals surface area contributed by atoms with Gasteiger partial charge >= 0.3 is 12.2 Å². The molecule has 15 heteroatoms. The number of carbonyl (C=O) groups excluding carboxylic acids is 5. The lowest BCUT2D eigenvalue weighted by molar-refractivity contribution is -0.136. The SMILES string of the molecule is COC(=O)N[C@H](C(=O)N1CCC[C@H]1c1ncc(C2CC3CCC4CC(c5cnc([C@@H]6CCCN6C(=O)[C@@H](NC(=O)OC)C(C)C)[nH]5)CC5C(=O)C(C2)C3C45)[nH]1)C(C)C. The maximum Gasteiger partial charge on any atom is 0.407 e. The molecule has 0 spiro atoms. The van der Waals surface area contributed by atoms with Crippen molar-refractivity contribution in [1.82, 2.24) is 40.4 Å². The standard InChI is InChI=1S/C43H62N8O7/c1-21(2)35(48-42(55)57-5)40(53)50-13-7-9-31(50)38-44-19-29(46-38)25-15-23-11-12-24-16-26(18-28-34(24)33(23)27(17-25)37(28)52)30-20-45-39(47-30)32-10-8-14-51(32)41(54)36(22(3)4)49-43(56)58-6/h19-28,31-36H,7-18H2,1-6H3,(H,44,46)(H,45,47)(H,48,55)(H,49,56)/t23?,24?,25?,26?,27?,28?,31-,32-,33?,34?,35-,36-/m0/s1. The van der Waals surface area contributed by atoms with Crippen LogP contribution in [0.5, 0.6) is 0 Å². The number of H-pyrrole nitrogens is 2. The van der Waals surface area contributed by atoms with Gasteiger partial charge in [-0.2, -0.15) is 0 Å². The van der Waals surface area contributed by atoms with Gasteiger partial charge in [0, 0.05) is 60.5 Å². The second kappa shape index (κ2) is 16.3. The number of methoxy groups -OCH3 is 2. The summed E-state index contributed by atoms with van der Waals surface area (Å²) in [4.78, 5) is 86.8. The number of alkyl carbamates (subject to hydrolysis) is 2. The Morgan fingerprint density at radius 2 is 1.09 bits per heavy atom. The minimum atomic E-state index is -0.686. The first-order valence-corrected chi connectivity index (χ1v) is 21.8. The summed E-state index contributed by atoms with van der Waals surface area (Å²) < 4.78 is 9.60. The number of likely N-dealkylation sites (tertiary alicyclic amines) is 2. The van der Waals surface area contributed by atoms with Gasteiger partial charge in [-0.1, -0.05) is 27.7 Å². The number of Topliss-reactive ketones (excluding diaryl/α,β-unsaturated/α-hetero) is 1. The smallest absolute Gasteiger partial charge is 0.407 e. The van der Waals surface area contributed by atoms with Crippen molar-refractivity contribution in [2.24, 2.45) is 47.3 Å². The number of ketones is 1. The Kier molecular flexibility index (Phi) is 11.4. The van der Waals surface area contributed by atoms with Crippen molar-refractivity contribution < 1.29 is 33.4 Å². The van der Waals surface area contributed by atoms with Crippen molar-refractivity contribution >= 4 is 29.8 Å². The van der Waals surface area contributed by atoms with Gasteiger partial charge < -0.3 is 39.9 Å². The highest BCUT2D eigenvalue weighted by atomic mass is 16.5. The van der Waals surface area contributed by atoms with E-state index in [9.17, 15) is 24.0 Å². The Labute approximate surface area is 340 Å². The molecule has 58 heavy (non-hydrogen) atoms. The summed E-state index contributed by atoms with van der Waals surface area (Å²) in [6, 6.07) is -1.76. The monoisotopic (exact) mass is 802 g/mol. The molecular formula is C43H62N8O7. The van der Waals surface area contributed by atoms with Gasteiger partial charge in [-0.3, -0.25) is 14.4 Å². The fourth-order valence-electron chi connectivity index (χ4n) is 12.3. The highest BCUT2D eigenvalue weighted by molar-refractivity contribution is 5.88. The third-order valence-corrected chi connectivity index (χ3v) is 14.9. The van der Waals surface area contributed by atoms with Crippen LogP contribution in [0.15, 0.2) is 12.4 Å². The van der Waals surface area contributed by atoms with Crippen molar-refractivity contribution in [1.29, 1.82) is 0 Å². The molecule has 4 N–H and O–H groups in total. The average Bonchev–Trinajstić information content (AvgIpc) is 4.07. The van der Waals surface area contributed by atoms with E-state index < -0.39 is 24.3 Å². The van der Waals surface area contributed by atoms with Crippen LogP contribution in [0.1, 0.15) is 139 Å². The van der Waals surface area contributed by atoms with Crippen LogP contribution < -0.4 is 10.6 Å². The molecule has 316 valence electrons. The number of aromatic amines is 2. The van der Waals surface area contributed by atoms with E-state index in [1.54, 1.807) is 0 Å². The Hall–Kier alpha value is -4.43. The number of rotatable bonds is 10. The number of nitrogens with one attached hydrogen (secondary N) is 4. The van der Waals surface area contributed by atoms with Gasteiger partial charge in [0.1, 0.15) is 29.5 Å². The summed E-state index contributed by atoms with van der Waals surface area (Å²) in [5, 5.41) is 5.46. The van der Waals surface area contributed by atoms with Crippen LogP contribution in [0.4, 0.5) is 9.59 Å². The van der Waals surface area contributed by atoms with E-state index in [0.717, 1.165) is 87.2 Å². The van der Waals surface area contributed by atoms with Crippen LogP contribution >= 0.6 is 0 Å². The maximum atomic E-state index is 14.5. The molecule has 8 unspecified atom stereocenters. The number of imidazole rings is 2. The fourth-order valence-corrected chi connectivity index (χ4v) is 12.3. The number of carbonyl (C=O) groups is 5. The predicted octanol–water partition coefficient (Wildman–Crippen LogP) is 5.75. The molecule has 2 aromatic heterocycles. The zero-order chi connectivity index (χ0) is 41.0. The molecule has 0 bridgehead atoms. The number of hydrogen-bond donors (Lipinski definition) is 4. The Balaban J connectivity index is 0.942. The molecule has 2 aliphatic heterocycles. The third-order valence-electron chi connectivity index (χ3n) is 14.9. The van der Waals surface area contributed by atoms with Crippen molar-refractivity contribution in [3.05, 3.63) is 35.4 Å². The molecule has 2 saturated heterocycles. The maximum absolute atomic E-state index is 14.5. The summed E-state index contributed by atoms with van der Waals surface area (Å²) in [5.41, 5.74) is 2.13. The molecule has 15 nitrogen and oxygen atoms in total. The van der Waals surface area contributed by atoms with Crippen molar-refractivity contribution in [2.75, 3.05) is 27.3 Å². The molecule has 4 saturated carbocycles. The summed E-state index contributed by atoms with van der Waals surface area (Å²) >= 11 is 0. The molecule has 6 fully saturated rings. The first-order chi connectivity index (χ1) is 27.9. The number of aromatic nitrogens is 4. The minimum Gasteiger partial charge on any atom is -0.453 e. The van der Waals surface area contributed by atoms with Gasteiger partial charge in [-0.25, -0.2) is 19.6 Å². The molecule has 2 aromatic rings. The highest BCUT2D eigenvalue weighted by Gasteiger charge is 2.61. The minimum absolute atomic E-state index is 0.0516. The predicted molar refractivity (Wildman–Crippen MR) is 212 cm³/mol. The van der Waals surface area contributed by atoms with Crippen LogP contribution in [-0.4, -0.2) is 98.9 Å². The quantitative estimate of drug-likeness (QED) is 0.232. The van der Waals surface area contributed by atoms with Gasteiger partial charge in [0.2, 0.25) is 11.8 Å². The average molecular weight is 803 g/mol. The molecule has 6 aliphatic rings.